The van der Waals surface area contributed by atoms with E-state index in [2.05, 4.69) is 15.7 Å². The van der Waals surface area contributed by atoms with E-state index in [4.69, 9.17) is 15.3 Å². The lowest BCUT2D eigenvalue weighted by molar-refractivity contribution is 0.185. The first-order chi connectivity index (χ1) is 8.71. The van der Waals surface area contributed by atoms with E-state index >= 15 is 0 Å². The van der Waals surface area contributed by atoms with Gasteiger partial charge in [-0.2, -0.15) is 0 Å². The van der Waals surface area contributed by atoms with Gasteiger partial charge in [-0.25, -0.2) is 10.8 Å². The second-order valence-electron chi connectivity index (χ2n) is 3.75. The monoisotopic (exact) mass is 252 g/mol. The largest absolute Gasteiger partial charge is 0.495 e. The number of anilines is 1. The van der Waals surface area contributed by atoms with Gasteiger partial charge < -0.3 is 14.8 Å². The molecule has 0 amide bonds. The molecule has 0 aromatic heterocycles. The van der Waals surface area contributed by atoms with Gasteiger partial charge in [-0.1, -0.05) is 12.1 Å². The van der Waals surface area contributed by atoms with Crippen molar-refractivity contribution in [3.8, 4) is 5.75 Å². The van der Waals surface area contributed by atoms with Gasteiger partial charge in [-0.15, -0.1) is 0 Å². The van der Waals surface area contributed by atoms with Crippen molar-refractivity contribution < 1.29 is 9.47 Å². The van der Waals surface area contributed by atoms with Crippen molar-refractivity contribution >= 4 is 11.6 Å². The molecular formula is C12H20N4O2. The van der Waals surface area contributed by atoms with Crippen molar-refractivity contribution in [3.63, 3.8) is 0 Å². The third-order valence-corrected chi connectivity index (χ3v) is 2.25. The number of hydrazine groups is 1. The fourth-order valence-corrected chi connectivity index (χ4v) is 1.48. The van der Waals surface area contributed by atoms with Crippen LogP contribution in [0.5, 0.6) is 5.75 Å². The fraction of sp³-hybridized carbons (Fsp3) is 0.417. The highest BCUT2D eigenvalue weighted by Gasteiger charge is 2.06. The summed E-state index contributed by atoms with van der Waals surface area (Å²) >= 11 is 0. The molecule has 1 aromatic rings. The summed E-state index contributed by atoms with van der Waals surface area (Å²) in [4.78, 5) is 4.34. The molecule has 0 radical (unpaired) electrons. The third kappa shape index (κ3) is 4.23. The summed E-state index contributed by atoms with van der Waals surface area (Å²) in [6.45, 7) is 2.46. The maximum absolute atomic E-state index is 5.43. The summed E-state index contributed by atoms with van der Waals surface area (Å²) in [7, 11) is 3.25. The van der Waals surface area contributed by atoms with E-state index in [-0.39, 0.29) is 6.04 Å². The molecule has 100 valence electrons. The average molecular weight is 252 g/mol. The van der Waals surface area contributed by atoms with E-state index < -0.39 is 0 Å². The Labute approximate surface area is 107 Å². The van der Waals surface area contributed by atoms with Crippen LogP contribution in [0.1, 0.15) is 6.92 Å². The smallest absolute Gasteiger partial charge is 0.210 e. The number of rotatable bonds is 5. The minimum Gasteiger partial charge on any atom is -0.495 e. The second-order valence-corrected chi connectivity index (χ2v) is 3.75. The van der Waals surface area contributed by atoms with Crippen LogP contribution in [0.3, 0.4) is 0 Å². The molecule has 0 fully saturated rings. The zero-order chi connectivity index (χ0) is 13.4. The number of benzene rings is 1. The quantitative estimate of drug-likeness (QED) is 0.315. The molecule has 0 heterocycles. The Morgan fingerprint density at radius 3 is 2.72 bits per heavy atom. The molecule has 0 aliphatic rings. The first-order valence-corrected chi connectivity index (χ1v) is 5.64. The van der Waals surface area contributed by atoms with Crippen LogP contribution in [0.2, 0.25) is 0 Å². The topological polar surface area (TPSA) is 80.9 Å². The van der Waals surface area contributed by atoms with Crippen molar-refractivity contribution in [1.29, 1.82) is 0 Å². The van der Waals surface area contributed by atoms with Crippen molar-refractivity contribution in [3.05, 3.63) is 24.3 Å². The molecule has 0 saturated carbocycles. The van der Waals surface area contributed by atoms with Crippen molar-refractivity contribution in [2.75, 3.05) is 26.1 Å². The summed E-state index contributed by atoms with van der Waals surface area (Å²) < 4.78 is 10.2. The first-order valence-electron chi connectivity index (χ1n) is 5.64. The molecule has 0 aliphatic heterocycles. The van der Waals surface area contributed by atoms with Crippen LogP contribution >= 0.6 is 0 Å². The number of hydrogen-bond acceptors (Lipinski definition) is 4. The number of guanidine groups is 1. The Bertz CT molecular complexity index is 395. The van der Waals surface area contributed by atoms with Gasteiger partial charge in [0.1, 0.15) is 5.75 Å². The van der Waals surface area contributed by atoms with Crippen LogP contribution in [0.15, 0.2) is 29.3 Å². The summed E-state index contributed by atoms with van der Waals surface area (Å²) in [6, 6.07) is 7.53. The van der Waals surface area contributed by atoms with E-state index in [0.29, 0.717) is 12.6 Å². The number of para-hydroxylation sites is 2. The normalized spacial score (nSPS) is 13.0. The first kappa shape index (κ1) is 14.3. The average Bonchev–Trinajstić information content (AvgIpc) is 2.38. The molecule has 1 unspecified atom stereocenters. The Hall–Kier alpha value is -1.79. The molecular weight excluding hydrogens is 232 g/mol. The molecule has 0 saturated heterocycles. The van der Waals surface area contributed by atoms with E-state index in [1.54, 1.807) is 14.2 Å². The number of hydrogen-bond donors (Lipinski definition) is 3. The Morgan fingerprint density at radius 2 is 2.11 bits per heavy atom. The lowest BCUT2D eigenvalue weighted by Crippen LogP contribution is -2.37. The van der Waals surface area contributed by atoms with Crippen molar-refractivity contribution in [2.24, 2.45) is 10.8 Å². The summed E-state index contributed by atoms with van der Waals surface area (Å²) in [5.74, 6) is 6.62. The van der Waals surface area contributed by atoms with E-state index in [1.807, 2.05) is 31.2 Å². The van der Waals surface area contributed by atoms with Gasteiger partial charge in [0, 0.05) is 7.11 Å². The maximum Gasteiger partial charge on any atom is 0.210 e. The standard InChI is InChI=1S/C12H20N4O2/c1-9(8-17-2)14-12(16-13)15-10-6-4-5-7-11(10)18-3/h4-7,9H,8,13H2,1-3H3,(H2,14,15,16). The van der Waals surface area contributed by atoms with Crippen LogP contribution in [0.25, 0.3) is 0 Å². The molecule has 1 atom stereocenters. The van der Waals surface area contributed by atoms with Gasteiger partial charge in [0.15, 0.2) is 0 Å². The number of methoxy groups -OCH3 is 2. The molecule has 0 aliphatic carbocycles. The Kier molecular flexibility index (Phi) is 5.96. The predicted octanol–water partition coefficient (Wildman–Crippen LogP) is 0.961. The van der Waals surface area contributed by atoms with Crippen molar-refractivity contribution in [2.45, 2.75) is 13.0 Å². The molecule has 0 bridgehead atoms. The third-order valence-electron chi connectivity index (χ3n) is 2.25. The number of aliphatic imine (C=N–C) groups is 1. The van der Waals surface area contributed by atoms with Crippen LogP contribution < -0.4 is 21.3 Å². The number of ether oxygens (including phenoxy) is 2. The van der Waals surface area contributed by atoms with E-state index in [9.17, 15) is 0 Å². The van der Waals surface area contributed by atoms with Crippen LogP contribution in [-0.2, 0) is 4.74 Å². The van der Waals surface area contributed by atoms with E-state index in [0.717, 1.165) is 11.4 Å². The Balaban J connectivity index is 2.79. The number of nitrogens with one attached hydrogen (secondary N) is 2. The molecule has 18 heavy (non-hydrogen) atoms. The molecule has 0 spiro atoms. The van der Waals surface area contributed by atoms with Crippen LogP contribution in [0.4, 0.5) is 5.69 Å². The molecule has 1 aromatic carbocycles. The van der Waals surface area contributed by atoms with Gasteiger partial charge in [0.2, 0.25) is 5.96 Å². The SMILES string of the molecule is COCC(C)N=C(NN)Nc1ccccc1OC. The highest BCUT2D eigenvalue weighted by Crippen LogP contribution is 2.22. The van der Waals surface area contributed by atoms with Gasteiger partial charge >= 0.3 is 0 Å². The summed E-state index contributed by atoms with van der Waals surface area (Å²) in [5, 5.41) is 3.07. The fourth-order valence-electron chi connectivity index (χ4n) is 1.48. The summed E-state index contributed by atoms with van der Waals surface area (Å²) in [6.07, 6.45) is 0. The van der Waals surface area contributed by atoms with Crippen LogP contribution in [-0.4, -0.2) is 32.8 Å². The Morgan fingerprint density at radius 1 is 1.39 bits per heavy atom. The van der Waals surface area contributed by atoms with Gasteiger partial charge in [-0.05, 0) is 19.1 Å². The minimum atomic E-state index is 0.00302. The number of nitrogens with two attached hydrogens (primary N) is 1. The van der Waals surface area contributed by atoms with Crippen molar-refractivity contribution in [1.82, 2.24) is 5.43 Å². The summed E-state index contributed by atoms with van der Waals surface area (Å²) in [5.41, 5.74) is 3.31. The molecule has 6 nitrogen and oxygen atoms in total. The van der Waals surface area contributed by atoms with Gasteiger partial charge in [-0.3, -0.25) is 5.43 Å². The highest BCUT2D eigenvalue weighted by molar-refractivity contribution is 5.94. The second kappa shape index (κ2) is 7.52. The zero-order valence-corrected chi connectivity index (χ0v) is 10.9. The zero-order valence-electron chi connectivity index (χ0n) is 10.9. The number of nitrogens with zero attached hydrogens (tertiary/aromatic N) is 1. The van der Waals surface area contributed by atoms with Crippen LogP contribution in [0, 0.1) is 0 Å². The van der Waals surface area contributed by atoms with Gasteiger partial charge in [0.25, 0.3) is 0 Å². The van der Waals surface area contributed by atoms with Gasteiger partial charge in [0.05, 0.1) is 25.4 Å². The molecule has 6 heteroatoms. The maximum atomic E-state index is 5.43. The lowest BCUT2D eigenvalue weighted by atomic mass is 10.3. The molecule has 4 N–H and O–H groups in total. The minimum absolute atomic E-state index is 0.00302. The highest BCUT2D eigenvalue weighted by atomic mass is 16.5. The molecule has 1 rings (SSSR count). The predicted molar refractivity (Wildman–Crippen MR) is 72.7 cm³/mol. The lowest BCUT2D eigenvalue weighted by Gasteiger charge is -2.14. The van der Waals surface area contributed by atoms with E-state index in [1.165, 1.54) is 0 Å².